The minimum atomic E-state index is 0.344. The number of benzene rings is 2. The Bertz CT molecular complexity index is 496. The van der Waals surface area contributed by atoms with Crippen molar-refractivity contribution in [2.75, 3.05) is 6.61 Å². The molecule has 0 fully saturated rings. The first-order valence-electron chi connectivity index (χ1n) is 6.79. The van der Waals surface area contributed by atoms with E-state index in [1.807, 2.05) is 25.1 Å². The average molecular weight is 255 g/mol. The quantitative estimate of drug-likeness (QED) is 0.844. The first-order valence-corrected chi connectivity index (χ1v) is 6.79. The molecule has 2 nitrogen and oxygen atoms in total. The summed E-state index contributed by atoms with van der Waals surface area (Å²) in [5, 5.41) is 3.53. The zero-order chi connectivity index (χ0) is 13.5. The molecule has 0 aromatic heterocycles. The maximum atomic E-state index is 5.51. The van der Waals surface area contributed by atoms with Crippen molar-refractivity contribution >= 4 is 0 Å². The molecule has 0 heterocycles. The predicted molar refractivity (Wildman–Crippen MR) is 79.3 cm³/mol. The molecule has 2 aromatic carbocycles. The summed E-state index contributed by atoms with van der Waals surface area (Å²) in [6.07, 6.45) is 0. The average Bonchev–Trinajstić information content (AvgIpc) is 2.46. The Morgan fingerprint density at radius 3 is 2.58 bits per heavy atom. The molecule has 0 aliphatic heterocycles. The van der Waals surface area contributed by atoms with E-state index in [0.29, 0.717) is 12.6 Å². The molecule has 0 bridgehead atoms. The molecule has 2 rings (SSSR count). The highest BCUT2D eigenvalue weighted by Gasteiger charge is 2.04. The van der Waals surface area contributed by atoms with Gasteiger partial charge in [0.15, 0.2) is 0 Å². The van der Waals surface area contributed by atoms with Crippen LogP contribution in [0.5, 0.6) is 5.75 Å². The van der Waals surface area contributed by atoms with Gasteiger partial charge in [-0.25, -0.2) is 0 Å². The number of ether oxygens (including phenoxy) is 1. The number of rotatable bonds is 6. The van der Waals surface area contributed by atoms with Gasteiger partial charge in [-0.2, -0.15) is 0 Å². The zero-order valence-electron chi connectivity index (χ0n) is 11.6. The molecule has 2 heteroatoms. The molecule has 0 saturated heterocycles. The van der Waals surface area contributed by atoms with Crippen LogP contribution >= 0.6 is 0 Å². The van der Waals surface area contributed by atoms with Gasteiger partial charge in [-0.15, -0.1) is 0 Å². The second kappa shape index (κ2) is 6.95. The maximum absolute atomic E-state index is 5.51. The van der Waals surface area contributed by atoms with Gasteiger partial charge in [0, 0.05) is 12.6 Å². The third kappa shape index (κ3) is 4.11. The van der Waals surface area contributed by atoms with E-state index in [9.17, 15) is 0 Å². The molecule has 0 aliphatic rings. The van der Waals surface area contributed by atoms with Crippen molar-refractivity contribution in [1.82, 2.24) is 5.32 Å². The summed E-state index contributed by atoms with van der Waals surface area (Å²) in [4.78, 5) is 0. The van der Waals surface area contributed by atoms with Crippen LogP contribution < -0.4 is 10.1 Å². The summed E-state index contributed by atoms with van der Waals surface area (Å²) in [7, 11) is 0. The Kier molecular flexibility index (Phi) is 4.99. The first-order chi connectivity index (χ1) is 9.29. The van der Waals surface area contributed by atoms with Gasteiger partial charge in [-0.1, -0.05) is 42.5 Å². The lowest BCUT2D eigenvalue weighted by atomic mass is 10.1. The van der Waals surface area contributed by atoms with E-state index in [2.05, 4.69) is 48.6 Å². The molecule has 19 heavy (non-hydrogen) atoms. The molecule has 1 atom stereocenters. The number of hydrogen-bond acceptors (Lipinski definition) is 2. The van der Waals surface area contributed by atoms with Crippen LogP contribution in [0.1, 0.15) is 31.0 Å². The van der Waals surface area contributed by atoms with Crippen molar-refractivity contribution < 1.29 is 4.74 Å². The molecule has 2 aromatic rings. The zero-order valence-corrected chi connectivity index (χ0v) is 11.6. The van der Waals surface area contributed by atoms with E-state index >= 15 is 0 Å². The van der Waals surface area contributed by atoms with Gasteiger partial charge in [0.05, 0.1) is 6.61 Å². The third-order valence-corrected chi connectivity index (χ3v) is 3.12. The Labute approximate surface area is 115 Å². The second-order valence-corrected chi connectivity index (χ2v) is 4.59. The Morgan fingerprint density at radius 1 is 1.05 bits per heavy atom. The first kappa shape index (κ1) is 13.6. The molecule has 0 radical (unpaired) electrons. The fraction of sp³-hybridized carbons (Fsp3) is 0.294. The highest BCUT2D eigenvalue weighted by Crippen LogP contribution is 2.15. The monoisotopic (exact) mass is 255 g/mol. The molecule has 0 spiro atoms. The van der Waals surface area contributed by atoms with Crippen molar-refractivity contribution in [3.8, 4) is 5.75 Å². The van der Waals surface area contributed by atoms with Crippen LogP contribution in [0.15, 0.2) is 54.6 Å². The maximum Gasteiger partial charge on any atom is 0.119 e. The minimum Gasteiger partial charge on any atom is -0.494 e. The Hall–Kier alpha value is -1.80. The molecule has 0 saturated carbocycles. The largest absolute Gasteiger partial charge is 0.494 e. The van der Waals surface area contributed by atoms with Crippen molar-refractivity contribution in [3.63, 3.8) is 0 Å². The molecule has 1 N–H and O–H groups in total. The smallest absolute Gasteiger partial charge is 0.119 e. The summed E-state index contributed by atoms with van der Waals surface area (Å²) >= 11 is 0. The fourth-order valence-corrected chi connectivity index (χ4v) is 2.04. The fourth-order valence-electron chi connectivity index (χ4n) is 2.04. The molecule has 0 unspecified atom stereocenters. The molecule has 100 valence electrons. The minimum absolute atomic E-state index is 0.344. The molecular weight excluding hydrogens is 234 g/mol. The van der Waals surface area contributed by atoms with Crippen LogP contribution in [0.4, 0.5) is 0 Å². The topological polar surface area (TPSA) is 21.3 Å². The molecule has 0 aliphatic carbocycles. The van der Waals surface area contributed by atoms with E-state index in [1.54, 1.807) is 0 Å². The van der Waals surface area contributed by atoms with Crippen LogP contribution in [-0.4, -0.2) is 6.61 Å². The van der Waals surface area contributed by atoms with Gasteiger partial charge >= 0.3 is 0 Å². The second-order valence-electron chi connectivity index (χ2n) is 4.59. The van der Waals surface area contributed by atoms with Crippen LogP contribution in [0, 0.1) is 0 Å². The van der Waals surface area contributed by atoms with E-state index < -0.39 is 0 Å². The van der Waals surface area contributed by atoms with E-state index in [0.717, 1.165) is 12.3 Å². The normalized spacial score (nSPS) is 12.1. The Morgan fingerprint density at radius 2 is 1.84 bits per heavy atom. The van der Waals surface area contributed by atoms with Gasteiger partial charge < -0.3 is 10.1 Å². The van der Waals surface area contributed by atoms with Gasteiger partial charge in [0.2, 0.25) is 0 Å². The van der Waals surface area contributed by atoms with E-state index in [1.165, 1.54) is 11.1 Å². The van der Waals surface area contributed by atoms with Crippen molar-refractivity contribution in [2.45, 2.75) is 26.4 Å². The van der Waals surface area contributed by atoms with Gasteiger partial charge in [0.1, 0.15) is 5.75 Å². The van der Waals surface area contributed by atoms with Gasteiger partial charge in [0.25, 0.3) is 0 Å². The van der Waals surface area contributed by atoms with E-state index in [-0.39, 0.29) is 0 Å². The lowest BCUT2D eigenvalue weighted by molar-refractivity contribution is 0.339. The van der Waals surface area contributed by atoms with Gasteiger partial charge in [-0.05, 0) is 37.1 Å². The van der Waals surface area contributed by atoms with Crippen LogP contribution in [0.25, 0.3) is 0 Å². The standard InChI is InChI=1S/C17H21NO/c1-3-19-17-11-7-8-15(12-17)13-18-14(2)16-9-5-4-6-10-16/h4-12,14,18H,3,13H2,1-2H3/t14-/m1/s1. The number of nitrogens with one attached hydrogen (secondary N) is 1. The lowest BCUT2D eigenvalue weighted by Crippen LogP contribution is -2.17. The van der Waals surface area contributed by atoms with Crippen LogP contribution in [0.3, 0.4) is 0 Å². The van der Waals surface area contributed by atoms with Gasteiger partial charge in [-0.3, -0.25) is 0 Å². The lowest BCUT2D eigenvalue weighted by Gasteiger charge is -2.14. The van der Waals surface area contributed by atoms with Crippen molar-refractivity contribution in [3.05, 3.63) is 65.7 Å². The van der Waals surface area contributed by atoms with E-state index in [4.69, 9.17) is 4.74 Å². The predicted octanol–water partition coefficient (Wildman–Crippen LogP) is 3.94. The number of hydrogen-bond donors (Lipinski definition) is 1. The summed E-state index contributed by atoms with van der Waals surface area (Å²) < 4.78 is 5.51. The van der Waals surface area contributed by atoms with Crippen LogP contribution in [0.2, 0.25) is 0 Å². The van der Waals surface area contributed by atoms with Crippen molar-refractivity contribution in [1.29, 1.82) is 0 Å². The van der Waals surface area contributed by atoms with Crippen LogP contribution in [-0.2, 0) is 6.54 Å². The summed E-state index contributed by atoms with van der Waals surface area (Å²) in [6, 6.07) is 19.1. The molecular formula is C17H21NO. The highest BCUT2D eigenvalue weighted by atomic mass is 16.5. The summed E-state index contributed by atoms with van der Waals surface area (Å²) in [5.74, 6) is 0.939. The SMILES string of the molecule is CCOc1cccc(CN[C@H](C)c2ccccc2)c1. The Balaban J connectivity index is 1.93. The highest BCUT2D eigenvalue weighted by molar-refractivity contribution is 5.28. The summed E-state index contributed by atoms with van der Waals surface area (Å²) in [5.41, 5.74) is 2.55. The van der Waals surface area contributed by atoms with Crippen molar-refractivity contribution in [2.24, 2.45) is 0 Å². The third-order valence-electron chi connectivity index (χ3n) is 3.12. The summed E-state index contributed by atoms with van der Waals surface area (Å²) in [6.45, 7) is 5.73. The molecule has 0 amide bonds.